The fraction of sp³-hybridized carbons (Fsp3) is 0.857. The number of hydrogen-bond acceptors (Lipinski definition) is 2. The molecule has 0 aromatic rings. The Kier molecular flexibility index (Phi) is 0.378. The Hall–Kier alpha value is 0.0790. The molecule has 2 nitrogen and oxygen atoms in total. The van der Waals surface area contributed by atoms with E-state index in [1.165, 1.54) is 86.7 Å². The summed E-state index contributed by atoms with van der Waals surface area (Å²) in [6.07, 6.45) is 0. The SMILES string of the molecule is C(C#CCOC[C]12[CH]3[CH]4[CH]5[CH]1[Fe]45321678[CH]2[CH]1[CH]6[CH]7[CH]28)#CCOC[C]12[CH]3[CH]4[CH]5[CH]1[Fe]45321678[CH]2[CH]1[CH]6[CH]7[CH]28. The minimum atomic E-state index is -2.91. The van der Waals surface area contributed by atoms with Gasteiger partial charge in [0.2, 0.25) is 0 Å². The average Bonchev–Trinajstić information content (AvgIpc) is 3.68. The van der Waals surface area contributed by atoms with Crippen molar-refractivity contribution in [1.82, 2.24) is 0 Å². The Balaban J connectivity index is 0.607. The summed E-state index contributed by atoms with van der Waals surface area (Å²) in [5, 5.41) is 0. The predicted molar refractivity (Wildman–Crippen MR) is 110 cm³/mol. The second kappa shape index (κ2) is 1.02. The van der Waals surface area contributed by atoms with Crippen LogP contribution in [0.4, 0.5) is 0 Å². The fourth-order valence-electron chi connectivity index (χ4n) is 34.8. The van der Waals surface area contributed by atoms with Crippen molar-refractivity contribution in [3.63, 3.8) is 0 Å². The van der Waals surface area contributed by atoms with Gasteiger partial charge in [-0.2, -0.15) is 0 Å². The van der Waals surface area contributed by atoms with Crippen molar-refractivity contribution in [3.8, 4) is 23.7 Å². The molecule has 0 aromatic carbocycles. The van der Waals surface area contributed by atoms with Gasteiger partial charge >= 0.3 is 168 Å². The van der Waals surface area contributed by atoms with Gasteiger partial charge in [-0.1, -0.05) is 0 Å². The summed E-state index contributed by atoms with van der Waals surface area (Å²) < 4.78 is 14.4. The first-order valence-electron chi connectivity index (χ1n) is 13.8. The Labute approximate surface area is 167 Å². The normalized spacial score (nSPS) is 126. The van der Waals surface area contributed by atoms with Crippen LogP contribution in [0, 0.1) is 23.7 Å². The molecule has 8 unspecified atom stereocenters. The standard InChI is InChI=1S/C18H16O2.2C5H5.2Fe/c1(7-13-19-15-17-9-3-4-10-17)2-8-14-20-16-18-11-5-6-12-18;2*1-2-4-5-3-1;;/h3-6,9-12H,13-16H2;2*1-5H;;. The second-order valence-electron chi connectivity index (χ2n) is 21.3. The zero-order valence-corrected chi connectivity index (χ0v) is 20.0. The summed E-state index contributed by atoms with van der Waals surface area (Å²) in [5.74, 6) is 12.6. The summed E-state index contributed by atoms with van der Waals surface area (Å²) >= 11 is 0. The van der Waals surface area contributed by atoms with Crippen LogP contribution in [0.5, 0.6) is 0 Å². The Bertz CT molecular complexity index is 2040. The molecule has 2 spiro atoms. The van der Waals surface area contributed by atoms with Crippen LogP contribution in [0.15, 0.2) is 0 Å². The third-order valence-corrected chi connectivity index (χ3v) is 117. The molecule has 0 bridgehead atoms. The van der Waals surface area contributed by atoms with E-state index in [9.17, 15) is 0 Å². The predicted octanol–water partition coefficient (Wildman–Crippen LogP) is 6.55. The molecule has 20 rings (SSSR count). The van der Waals surface area contributed by atoms with Crippen molar-refractivity contribution >= 4 is 0 Å². The molecule has 0 radical (unpaired) electrons. The van der Waals surface area contributed by atoms with Gasteiger partial charge in [-0.3, -0.25) is 0 Å². The molecule has 32 heavy (non-hydrogen) atoms. The van der Waals surface area contributed by atoms with Gasteiger partial charge in [-0.15, -0.1) is 0 Å². The molecule has 20 heterocycles. The van der Waals surface area contributed by atoms with Crippen molar-refractivity contribution in [2.24, 2.45) is 0 Å². The average molecular weight is 506 g/mol. The van der Waals surface area contributed by atoms with Crippen LogP contribution in [-0.2, 0) is 22.5 Å². The molecule has 20 aliphatic rings. The summed E-state index contributed by atoms with van der Waals surface area (Å²) in [5.41, 5.74) is 0. The molecular formula is C28H26Fe2O2. The fourth-order valence-corrected chi connectivity index (χ4v) is 184. The van der Waals surface area contributed by atoms with Crippen molar-refractivity contribution in [3.05, 3.63) is 0 Å². The summed E-state index contributed by atoms with van der Waals surface area (Å²) in [6, 6.07) is 0. The van der Waals surface area contributed by atoms with Crippen molar-refractivity contribution in [2.75, 3.05) is 26.4 Å². The molecule has 20 aliphatic heterocycles. The van der Waals surface area contributed by atoms with E-state index in [1.54, 1.807) is 0 Å². The third-order valence-electron chi connectivity index (χ3n) is 31.2. The summed E-state index contributed by atoms with van der Waals surface area (Å²) in [4.78, 5) is 25.3. The molecule has 0 aromatic heterocycles. The monoisotopic (exact) mass is 506 g/mol. The van der Waals surface area contributed by atoms with Crippen molar-refractivity contribution in [1.29, 1.82) is 0 Å². The van der Waals surface area contributed by atoms with Crippen LogP contribution in [0.3, 0.4) is 0 Å². The molecule has 0 N–H and O–H groups in total. The van der Waals surface area contributed by atoms with Gasteiger partial charge in [0.05, 0.1) is 0 Å². The van der Waals surface area contributed by atoms with E-state index < -0.39 is 13.0 Å². The van der Waals surface area contributed by atoms with E-state index in [4.69, 9.17) is 9.47 Å². The van der Waals surface area contributed by atoms with E-state index in [0.29, 0.717) is 13.2 Å². The van der Waals surface area contributed by atoms with Crippen LogP contribution in [0.1, 0.15) is 0 Å². The first-order chi connectivity index (χ1) is 15.3. The van der Waals surface area contributed by atoms with E-state index >= 15 is 0 Å². The minimum absolute atomic E-state index is 0.633. The Morgan fingerprint density at radius 3 is 1.00 bits per heavy atom. The third kappa shape index (κ3) is 0.131. The number of hydrogen-bond donors (Lipinski definition) is 0. The molecule has 4 heteroatoms. The van der Waals surface area contributed by atoms with Crippen LogP contribution in [-0.4, -0.2) is 26.4 Å². The number of fused-ring (bicyclic) bond motifs is 20. The van der Waals surface area contributed by atoms with Crippen LogP contribution >= 0.6 is 0 Å². The van der Waals surface area contributed by atoms with Crippen LogP contribution in [0.25, 0.3) is 0 Å². The summed E-state index contributed by atoms with van der Waals surface area (Å²) in [6.45, 7) is -2.25. The molecular weight excluding hydrogens is 480 g/mol. The maximum atomic E-state index is 6.32. The van der Waals surface area contributed by atoms with Crippen molar-refractivity contribution in [2.45, 2.75) is 95.3 Å². The molecule has 8 atom stereocenters. The maximum absolute atomic E-state index is 6.32. The molecule has 0 aliphatic carbocycles. The van der Waals surface area contributed by atoms with Gasteiger partial charge in [0, 0.05) is 0 Å². The van der Waals surface area contributed by atoms with Crippen molar-refractivity contribution < 1.29 is 22.5 Å². The Morgan fingerprint density at radius 2 is 0.781 bits per heavy atom. The topological polar surface area (TPSA) is 18.5 Å². The molecule has 166 valence electrons. The number of rotatable bonds is 6. The zero-order chi connectivity index (χ0) is 19.1. The number of ether oxygens (including phenoxy) is 2. The molecule has 20 fully saturated rings. The zero-order valence-electron chi connectivity index (χ0n) is 17.7. The first kappa shape index (κ1) is 11.9. The van der Waals surface area contributed by atoms with Crippen LogP contribution in [0.2, 0.25) is 95.3 Å². The Morgan fingerprint density at radius 1 is 0.469 bits per heavy atom. The van der Waals surface area contributed by atoms with Crippen LogP contribution < -0.4 is 0 Å². The van der Waals surface area contributed by atoms with Gasteiger partial charge in [0.15, 0.2) is 0 Å². The van der Waals surface area contributed by atoms with Gasteiger partial charge in [-0.05, 0) is 0 Å². The van der Waals surface area contributed by atoms with Gasteiger partial charge in [-0.25, -0.2) is 0 Å². The van der Waals surface area contributed by atoms with Gasteiger partial charge in [0.25, 0.3) is 0 Å². The van der Waals surface area contributed by atoms with E-state index in [1.807, 2.05) is 0 Å². The van der Waals surface area contributed by atoms with E-state index in [0.717, 1.165) is 21.8 Å². The first-order valence-corrected chi connectivity index (χ1v) is 26.4. The molecule has 0 amide bonds. The van der Waals surface area contributed by atoms with E-state index in [-0.39, 0.29) is 0 Å². The summed E-state index contributed by atoms with van der Waals surface area (Å²) in [7, 11) is 0. The molecule has 0 saturated carbocycles. The quantitative estimate of drug-likeness (QED) is 0.231. The van der Waals surface area contributed by atoms with Gasteiger partial charge in [0.1, 0.15) is 0 Å². The van der Waals surface area contributed by atoms with Gasteiger partial charge < -0.3 is 0 Å². The second-order valence-corrected chi connectivity index (χ2v) is 68.6. The van der Waals surface area contributed by atoms with E-state index in [2.05, 4.69) is 23.7 Å². The molecule has 20 saturated heterocycles.